The number of aliphatic hydroxyl groups excluding tert-OH is 1. The van der Waals surface area contributed by atoms with E-state index >= 15 is 0 Å². The van der Waals surface area contributed by atoms with Gasteiger partial charge in [-0.15, -0.1) is 0 Å². The standard InChI is InChI=1S/C15H14ClNO3/c1-2-20-15(19)12-8-11(9-18)14(16)17-13(12)10-6-4-3-5-7-10/h3-8,18H,2,9H2,1H3. The number of hydrogen-bond acceptors (Lipinski definition) is 4. The van der Waals surface area contributed by atoms with Crippen molar-refractivity contribution < 1.29 is 14.6 Å². The van der Waals surface area contributed by atoms with Gasteiger partial charge in [-0.2, -0.15) is 0 Å². The molecule has 4 nitrogen and oxygen atoms in total. The molecule has 20 heavy (non-hydrogen) atoms. The van der Waals surface area contributed by atoms with Gasteiger partial charge in [0.15, 0.2) is 0 Å². The largest absolute Gasteiger partial charge is 0.462 e. The molecule has 0 aliphatic heterocycles. The van der Waals surface area contributed by atoms with E-state index in [1.807, 2.05) is 30.3 Å². The van der Waals surface area contributed by atoms with Crippen LogP contribution in [0.1, 0.15) is 22.8 Å². The average Bonchev–Trinajstić information content (AvgIpc) is 2.48. The van der Waals surface area contributed by atoms with E-state index in [0.29, 0.717) is 16.8 Å². The highest BCUT2D eigenvalue weighted by Gasteiger charge is 2.18. The molecule has 104 valence electrons. The number of carbonyl (C=O) groups excluding carboxylic acids is 1. The molecular weight excluding hydrogens is 278 g/mol. The lowest BCUT2D eigenvalue weighted by Crippen LogP contribution is -2.09. The average molecular weight is 292 g/mol. The third-order valence-corrected chi connectivity index (χ3v) is 3.09. The number of ether oxygens (including phenoxy) is 1. The first-order valence-electron chi connectivity index (χ1n) is 6.20. The summed E-state index contributed by atoms with van der Waals surface area (Å²) < 4.78 is 5.03. The van der Waals surface area contributed by atoms with Crippen LogP contribution in [0.3, 0.4) is 0 Å². The third kappa shape index (κ3) is 2.98. The smallest absolute Gasteiger partial charge is 0.340 e. The van der Waals surface area contributed by atoms with Gasteiger partial charge in [-0.05, 0) is 13.0 Å². The minimum Gasteiger partial charge on any atom is -0.462 e. The van der Waals surface area contributed by atoms with Crippen molar-refractivity contribution in [3.8, 4) is 11.3 Å². The number of aromatic nitrogens is 1. The van der Waals surface area contributed by atoms with Gasteiger partial charge in [0.05, 0.1) is 24.5 Å². The molecule has 0 spiro atoms. The van der Waals surface area contributed by atoms with E-state index in [9.17, 15) is 9.90 Å². The van der Waals surface area contributed by atoms with Gasteiger partial charge in [0.2, 0.25) is 0 Å². The summed E-state index contributed by atoms with van der Waals surface area (Å²) in [5, 5.41) is 9.42. The molecule has 0 aliphatic carbocycles. The fraction of sp³-hybridized carbons (Fsp3) is 0.200. The van der Waals surface area contributed by atoms with Crippen molar-refractivity contribution in [3.05, 3.63) is 52.7 Å². The second-order valence-electron chi connectivity index (χ2n) is 4.08. The van der Waals surface area contributed by atoms with Crippen molar-refractivity contribution in [2.45, 2.75) is 13.5 Å². The van der Waals surface area contributed by atoms with Crippen LogP contribution in [0.4, 0.5) is 0 Å². The molecule has 1 N–H and O–H groups in total. The quantitative estimate of drug-likeness (QED) is 0.695. The van der Waals surface area contributed by atoms with Crippen LogP contribution in [0.5, 0.6) is 0 Å². The number of benzene rings is 1. The van der Waals surface area contributed by atoms with Crippen LogP contribution in [0, 0.1) is 0 Å². The Morgan fingerprint density at radius 2 is 2.05 bits per heavy atom. The second-order valence-corrected chi connectivity index (χ2v) is 4.44. The SMILES string of the molecule is CCOC(=O)c1cc(CO)c(Cl)nc1-c1ccccc1. The van der Waals surface area contributed by atoms with Crippen molar-refractivity contribution in [2.24, 2.45) is 0 Å². The summed E-state index contributed by atoms with van der Waals surface area (Å²) in [6, 6.07) is 10.8. The number of carbonyl (C=O) groups is 1. The van der Waals surface area contributed by atoms with Crippen molar-refractivity contribution in [1.29, 1.82) is 0 Å². The Bertz CT molecular complexity index is 614. The van der Waals surface area contributed by atoms with Crippen molar-refractivity contribution in [1.82, 2.24) is 4.98 Å². The Hall–Kier alpha value is -1.91. The summed E-state index contributed by atoms with van der Waals surface area (Å²) in [7, 11) is 0. The Labute approximate surface area is 122 Å². The molecule has 0 unspecified atom stereocenters. The highest BCUT2D eigenvalue weighted by molar-refractivity contribution is 6.30. The summed E-state index contributed by atoms with van der Waals surface area (Å²) >= 11 is 6.01. The van der Waals surface area contributed by atoms with Crippen LogP contribution in [0.15, 0.2) is 36.4 Å². The minimum absolute atomic E-state index is 0.180. The van der Waals surface area contributed by atoms with E-state index in [0.717, 1.165) is 5.56 Å². The zero-order valence-corrected chi connectivity index (χ0v) is 11.7. The van der Waals surface area contributed by atoms with Crippen molar-refractivity contribution in [3.63, 3.8) is 0 Å². The molecule has 0 aliphatic rings. The summed E-state index contributed by atoms with van der Waals surface area (Å²) in [6.07, 6.45) is 0. The van der Waals surface area contributed by atoms with E-state index in [4.69, 9.17) is 16.3 Å². The zero-order chi connectivity index (χ0) is 14.5. The molecule has 0 fully saturated rings. The van der Waals surface area contributed by atoms with Crippen molar-refractivity contribution in [2.75, 3.05) is 6.61 Å². The van der Waals surface area contributed by atoms with Crippen LogP contribution in [-0.4, -0.2) is 22.7 Å². The fourth-order valence-corrected chi connectivity index (χ4v) is 2.02. The first kappa shape index (κ1) is 14.5. The van der Waals surface area contributed by atoms with E-state index in [1.165, 1.54) is 6.07 Å². The van der Waals surface area contributed by atoms with Gasteiger partial charge in [-0.1, -0.05) is 41.9 Å². The maximum absolute atomic E-state index is 12.0. The second kappa shape index (κ2) is 6.50. The lowest BCUT2D eigenvalue weighted by molar-refractivity contribution is 0.0526. The lowest BCUT2D eigenvalue weighted by atomic mass is 10.0. The Morgan fingerprint density at radius 3 is 2.65 bits per heavy atom. The first-order valence-corrected chi connectivity index (χ1v) is 6.58. The number of hydrogen-bond donors (Lipinski definition) is 1. The number of pyridine rings is 1. The first-order chi connectivity index (χ1) is 9.67. The molecule has 1 heterocycles. The van der Waals surface area contributed by atoms with Crippen LogP contribution in [-0.2, 0) is 11.3 Å². The van der Waals surface area contributed by atoms with Gasteiger partial charge >= 0.3 is 5.97 Å². The molecule has 5 heteroatoms. The van der Waals surface area contributed by atoms with Crippen LogP contribution >= 0.6 is 11.6 Å². The maximum atomic E-state index is 12.0. The highest BCUT2D eigenvalue weighted by atomic mass is 35.5. The number of rotatable bonds is 4. The normalized spacial score (nSPS) is 10.3. The molecule has 0 bridgehead atoms. The Kier molecular flexibility index (Phi) is 4.71. The third-order valence-electron chi connectivity index (χ3n) is 2.76. The lowest BCUT2D eigenvalue weighted by Gasteiger charge is -2.11. The van der Waals surface area contributed by atoms with Gasteiger partial charge in [-0.25, -0.2) is 9.78 Å². The highest BCUT2D eigenvalue weighted by Crippen LogP contribution is 2.27. The molecular formula is C15H14ClNO3. The van der Waals surface area contributed by atoms with E-state index in [2.05, 4.69) is 4.98 Å². The van der Waals surface area contributed by atoms with Crippen molar-refractivity contribution >= 4 is 17.6 Å². The monoisotopic (exact) mass is 291 g/mol. The Balaban J connectivity index is 2.59. The predicted molar refractivity (Wildman–Crippen MR) is 76.6 cm³/mol. The summed E-state index contributed by atoms with van der Waals surface area (Å²) in [6.45, 7) is 1.72. The molecule has 0 saturated heterocycles. The molecule has 0 atom stereocenters. The van der Waals surface area contributed by atoms with E-state index < -0.39 is 5.97 Å². The fourth-order valence-electron chi connectivity index (χ4n) is 1.82. The zero-order valence-electron chi connectivity index (χ0n) is 11.0. The molecule has 1 aromatic carbocycles. The predicted octanol–water partition coefficient (Wildman–Crippen LogP) is 3.07. The molecule has 0 saturated carbocycles. The maximum Gasteiger partial charge on any atom is 0.340 e. The van der Waals surface area contributed by atoms with Gasteiger partial charge in [-0.3, -0.25) is 0 Å². The minimum atomic E-state index is -0.481. The molecule has 0 amide bonds. The van der Waals surface area contributed by atoms with Crippen LogP contribution in [0.25, 0.3) is 11.3 Å². The molecule has 1 aromatic heterocycles. The summed E-state index contributed by atoms with van der Waals surface area (Å²) in [5.74, 6) is -0.481. The number of nitrogens with zero attached hydrogens (tertiary/aromatic N) is 1. The van der Waals surface area contributed by atoms with E-state index in [1.54, 1.807) is 6.92 Å². The van der Waals surface area contributed by atoms with Gasteiger partial charge in [0.1, 0.15) is 5.15 Å². The van der Waals surface area contributed by atoms with E-state index in [-0.39, 0.29) is 18.4 Å². The number of halogens is 1. The topological polar surface area (TPSA) is 59.4 Å². The van der Waals surface area contributed by atoms with Crippen LogP contribution in [0.2, 0.25) is 5.15 Å². The summed E-state index contributed by atoms with van der Waals surface area (Å²) in [4.78, 5) is 16.3. The van der Waals surface area contributed by atoms with Gasteiger partial charge in [0.25, 0.3) is 0 Å². The summed E-state index contributed by atoms with van der Waals surface area (Å²) in [5.41, 5.74) is 1.91. The van der Waals surface area contributed by atoms with Crippen LogP contribution < -0.4 is 0 Å². The number of aliphatic hydroxyl groups is 1. The molecule has 0 radical (unpaired) electrons. The molecule has 2 aromatic rings. The van der Waals surface area contributed by atoms with Gasteiger partial charge in [0, 0.05) is 11.1 Å². The Morgan fingerprint density at radius 1 is 1.35 bits per heavy atom. The van der Waals surface area contributed by atoms with Gasteiger partial charge < -0.3 is 9.84 Å². The number of esters is 1. The molecule has 2 rings (SSSR count).